The Labute approximate surface area is 117 Å². The zero-order chi connectivity index (χ0) is 15.6. The molecular formula is C12H11N3O6. The number of nitrogens with zero attached hydrogens (tertiary/aromatic N) is 3. The van der Waals surface area contributed by atoms with Gasteiger partial charge in [0.1, 0.15) is 5.52 Å². The Morgan fingerprint density at radius 2 is 2.14 bits per heavy atom. The summed E-state index contributed by atoms with van der Waals surface area (Å²) in [5, 5.41) is 23.3. The average molecular weight is 293 g/mol. The Morgan fingerprint density at radius 3 is 2.76 bits per heavy atom. The number of carbonyl (C=O) groups excluding carboxylic acids is 1. The molecule has 1 heterocycles. The second kappa shape index (κ2) is 5.57. The molecule has 9 nitrogen and oxygen atoms in total. The fraction of sp³-hybridized carbons (Fsp3) is 0.250. The molecule has 1 unspecified atom stereocenters. The van der Waals surface area contributed by atoms with Crippen LogP contribution in [0.3, 0.4) is 0 Å². The van der Waals surface area contributed by atoms with Gasteiger partial charge in [0, 0.05) is 22.8 Å². The van der Waals surface area contributed by atoms with Crippen LogP contribution >= 0.6 is 0 Å². The van der Waals surface area contributed by atoms with Crippen LogP contribution in [0.2, 0.25) is 0 Å². The summed E-state index contributed by atoms with van der Waals surface area (Å²) in [4.78, 5) is 32.9. The van der Waals surface area contributed by atoms with E-state index in [0.29, 0.717) is 9.16 Å². The maximum Gasteiger partial charge on any atom is 0.302 e. The normalized spacial score (nSPS) is 12.0. The number of rotatable bonds is 4. The minimum Gasteiger partial charge on any atom is -0.805 e. The van der Waals surface area contributed by atoms with Gasteiger partial charge in [-0.15, -0.1) is 0 Å². The number of esters is 1. The van der Waals surface area contributed by atoms with Gasteiger partial charge in [-0.3, -0.25) is 14.9 Å². The van der Waals surface area contributed by atoms with Crippen LogP contribution in [-0.4, -0.2) is 22.2 Å². The van der Waals surface area contributed by atoms with Crippen LogP contribution in [0.1, 0.15) is 18.7 Å². The van der Waals surface area contributed by atoms with Gasteiger partial charge in [0.25, 0.3) is 17.8 Å². The molecule has 0 amide bonds. The van der Waals surface area contributed by atoms with E-state index in [9.17, 15) is 25.0 Å². The predicted octanol–water partition coefficient (Wildman–Crippen LogP) is 0.783. The van der Waals surface area contributed by atoms with Crippen LogP contribution in [0, 0.1) is 20.2 Å². The van der Waals surface area contributed by atoms with Gasteiger partial charge in [0.05, 0.1) is 4.43 Å². The van der Waals surface area contributed by atoms with Crippen molar-refractivity contribution < 1.29 is 18.9 Å². The highest BCUT2D eigenvalue weighted by molar-refractivity contribution is 5.71. The molecule has 0 aliphatic rings. The highest BCUT2D eigenvalue weighted by atomic mass is 16.6. The van der Waals surface area contributed by atoms with Gasteiger partial charge in [-0.1, -0.05) is 12.1 Å². The zero-order valence-corrected chi connectivity index (χ0v) is 11.0. The molecule has 1 aromatic carbocycles. The number of ether oxygens (including phenoxy) is 1. The molecule has 0 aliphatic heterocycles. The molecule has 9 heteroatoms. The molecule has 0 radical (unpaired) electrons. The molecule has 0 fully saturated rings. The number of hydrogen-bond acceptors (Lipinski definition) is 6. The SMILES string of the molecule is CC(=O)OCC(c1c[n+](=O)c2ccccc2n1[O-])[N+](=O)[O-]. The molecule has 0 spiro atoms. The highest BCUT2D eigenvalue weighted by Gasteiger charge is 2.30. The molecule has 110 valence electrons. The van der Waals surface area contributed by atoms with Crippen LogP contribution in [0.4, 0.5) is 0 Å². The van der Waals surface area contributed by atoms with Gasteiger partial charge < -0.3 is 14.7 Å². The third-order valence-corrected chi connectivity index (χ3v) is 2.86. The summed E-state index contributed by atoms with van der Waals surface area (Å²) < 4.78 is 5.27. The van der Waals surface area contributed by atoms with Gasteiger partial charge in [0.2, 0.25) is 0 Å². The number of aromatic nitrogens is 2. The minimum absolute atomic E-state index is 0.000301. The van der Waals surface area contributed by atoms with E-state index < -0.39 is 29.2 Å². The zero-order valence-electron chi connectivity index (χ0n) is 11.0. The van der Waals surface area contributed by atoms with Crippen molar-refractivity contribution >= 4 is 17.0 Å². The van der Waals surface area contributed by atoms with Gasteiger partial charge in [-0.25, -0.2) is 0 Å². The van der Waals surface area contributed by atoms with E-state index in [-0.39, 0.29) is 11.0 Å². The Morgan fingerprint density at radius 1 is 1.48 bits per heavy atom. The first-order valence-corrected chi connectivity index (χ1v) is 5.93. The molecule has 0 saturated carbocycles. The summed E-state index contributed by atoms with van der Waals surface area (Å²) in [5.41, 5.74) is -0.305. The van der Waals surface area contributed by atoms with Crippen molar-refractivity contribution in [2.45, 2.75) is 13.0 Å². The predicted molar refractivity (Wildman–Crippen MR) is 70.4 cm³/mol. The minimum atomic E-state index is -1.61. The van der Waals surface area contributed by atoms with Crippen LogP contribution in [-0.2, 0) is 9.53 Å². The van der Waals surface area contributed by atoms with Crippen LogP contribution < -0.4 is 4.43 Å². The lowest BCUT2D eigenvalue weighted by atomic mass is 10.2. The molecule has 0 N–H and O–H groups in total. The second-order valence-electron chi connectivity index (χ2n) is 4.27. The van der Waals surface area contributed by atoms with E-state index in [4.69, 9.17) is 0 Å². The topological polar surface area (TPSA) is 120 Å². The molecule has 0 aliphatic carbocycles. The number of hydrogen-bond donors (Lipinski definition) is 0. The van der Waals surface area contributed by atoms with E-state index in [1.807, 2.05) is 0 Å². The number of benzene rings is 1. The standard InChI is InChI=1S/C12H11N3O6/c1-8(16)21-7-12(15(19)20)11-6-13(17)9-4-2-3-5-10(9)14(11)18/h2-6,12H,7H2,1H3. The van der Waals surface area contributed by atoms with Crippen molar-refractivity contribution in [1.82, 2.24) is 4.73 Å². The lowest BCUT2D eigenvalue weighted by molar-refractivity contribution is -0.536. The number of nitro groups is 1. The van der Waals surface area contributed by atoms with Crippen LogP contribution in [0.15, 0.2) is 30.5 Å². The monoisotopic (exact) mass is 293 g/mol. The van der Waals surface area contributed by atoms with Crippen molar-refractivity contribution in [1.29, 1.82) is 0 Å². The van der Waals surface area contributed by atoms with Gasteiger partial charge in [-0.05, 0) is 6.07 Å². The molecule has 21 heavy (non-hydrogen) atoms. The summed E-state index contributed by atoms with van der Waals surface area (Å²) in [7, 11) is 0. The molecule has 0 bridgehead atoms. The largest absolute Gasteiger partial charge is 0.805 e. The maximum absolute atomic E-state index is 12.2. The smallest absolute Gasteiger partial charge is 0.302 e. The third-order valence-electron chi connectivity index (χ3n) is 2.86. The lowest BCUT2D eigenvalue weighted by Crippen LogP contribution is -2.27. The average Bonchev–Trinajstić information content (AvgIpc) is 2.43. The summed E-state index contributed by atoms with van der Waals surface area (Å²) in [6.45, 7) is 0.472. The first kappa shape index (κ1) is 14.4. The van der Waals surface area contributed by atoms with Crippen LogP contribution in [0.25, 0.3) is 11.0 Å². The Hall–Kier alpha value is -2.97. The van der Waals surface area contributed by atoms with Crippen LogP contribution in [0.5, 0.6) is 0 Å². The van der Waals surface area contributed by atoms with Crippen molar-refractivity contribution in [2.24, 2.45) is 0 Å². The fourth-order valence-electron chi connectivity index (χ4n) is 1.88. The Kier molecular flexibility index (Phi) is 3.83. The maximum atomic E-state index is 12.2. The summed E-state index contributed by atoms with van der Waals surface area (Å²) >= 11 is 0. The van der Waals surface area contributed by atoms with E-state index >= 15 is 0 Å². The third kappa shape index (κ3) is 2.81. The molecule has 1 atom stereocenters. The van der Waals surface area contributed by atoms with Gasteiger partial charge in [0.15, 0.2) is 12.3 Å². The highest BCUT2D eigenvalue weighted by Crippen LogP contribution is 2.19. The Bertz CT molecular complexity index is 769. The second-order valence-corrected chi connectivity index (χ2v) is 4.27. The van der Waals surface area contributed by atoms with Gasteiger partial charge in [-0.2, -0.15) is 0 Å². The number of fused-ring (bicyclic) bond motifs is 1. The van der Waals surface area contributed by atoms with Crippen molar-refractivity contribution in [3.63, 3.8) is 0 Å². The van der Waals surface area contributed by atoms with E-state index in [1.54, 1.807) is 6.07 Å². The van der Waals surface area contributed by atoms with E-state index in [2.05, 4.69) is 4.74 Å². The number of para-hydroxylation sites is 2. The number of carbonyl (C=O) groups is 1. The Balaban J connectivity index is 2.58. The fourth-order valence-corrected chi connectivity index (χ4v) is 1.88. The molecule has 2 rings (SSSR count). The first-order chi connectivity index (χ1) is 9.91. The molecule has 1 aromatic heterocycles. The summed E-state index contributed by atoms with van der Waals surface area (Å²) in [6.07, 6.45) is 0.826. The van der Waals surface area contributed by atoms with Crippen molar-refractivity contribution in [3.05, 3.63) is 56.4 Å². The molecular weight excluding hydrogens is 282 g/mol. The van der Waals surface area contributed by atoms with Crippen molar-refractivity contribution in [3.8, 4) is 0 Å². The van der Waals surface area contributed by atoms with E-state index in [0.717, 1.165) is 13.1 Å². The molecule has 0 saturated heterocycles. The van der Waals surface area contributed by atoms with Gasteiger partial charge >= 0.3 is 5.97 Å². The molecule has 2 aromatic rings. The van der Waals surface area contributed by atoms with Crippen molar-refractivity contribution in [2.75, 3.05) is 6.61 Å². The first-order valence-electron chi connectivity index (χ1n) is 5.93. The summed E-state index contributed by atoms with van der Waals surface area (Å²) in [6, 6.07) is 4.29. The quantitative estimate of drug-likeness (QED) is 0.355. The van der Waals surface area contributed by atoms with E-state index in [1.165, 1.54) is 18.2 Å². The lowest BCUT2D eigenvalue weighted by Gasteiger charge is -2.18. The summed E-state index contributed by atoms with van der Waals surface area (Å²) in [5.74, 6) is -0.713.